The van der Waals surface area contributed by atoms with Crippen LogP contribution in [0.3, 0.4) is 0 Å². The van der Waals surface area contributed by atoms with Gasteiger partial charge in [-0.1, -0.05) is 0 Å². The molecule has 0 atom stereocenters. The van der Waals surface area contributed by atoms with Crippen LogP contribution in [0, 0.1) is 0 Å². The van der Waals surface area contributed by atoms with Gasteiger partial charge in [0.1, 0.15) is 0 Å². The summed E-state index contributed by atoms with van der Waals surface area (Å²) in [5, 5.41) is 2.55. The highest BCUT2D eigenvalue weighted by Gasteiger charge is 2.15. The van der Waals surface area contributed by atoms with E-state index >= 15 is 0 Å². The first-order chi connectivity index (χ1) is 9.70. The molecule has 1 amide bonds. The minimum Gasteiger partial charge on any atom is -0.459 e. The SMILES string of the molecule is NNC(=O)c1occc1Cn1ccc2sccc2c1=O. The number of furan rings is 1. The van der Waals surface area contributed by atoms with Crippen LogP contribution < -0.4 is 16.8 Å². The van der Waals surface area contributed by atoms with Crippen LogP contribution in [-0.2, 0) is 6.54 Å². The van der Waals surface area contributed by atoms with Crippen molar-refractivity contribution in [3.05, 3.63) is 57.7 Å². The number of carbonyl (C=O) groups excluding carboxylic acids is 1. The molecule has 0 saturated heterocycles. The molecule has 0 aliphatic rings. The van der Waals surface area contributed by atoms with E-state index in [4.69, 9.17) is 10.3 Å². The summed E-state index contributed by atoms with van der Waals surface area (Å²) < 4.78 is 7.57. The Bertz CT molecular complexity index is 831. The fourth-order valence-corrected chi connectivity index (χ4v) is 2.81. The Labute approximate surface area is 117 Å². The highest BCUT2D eigenvalue weighted by molar-refractivity contribution is 7.17. The number of nitrogens with zero attached hydrogens (tertiary/aromatic N) is 1. The zero-order valence-corrected chi connectivity index (χ0v) is 11.1. The molecule has 6 nitrogen and oxygen atoms in total. The van der Waals surface area contributed by atoms with Crippen LogP contribution in [0.1, 0.15) is 16.1 Å². The lowest BCUT2D eigenvalue weighted by atomic mass is 10.2. The molecule has 0 saturated carbocycles. The topological polar surface area (TPSA) is 90.3 Å². The number of nitrogens with one attached hydrogen (secondary N) is 1. The molecule has 3 rings (SSSR count). The zero-order valence-electron chi connectivity index (χ0n) is 10.3. The van der Waals surface area contributed by atoms with E-state index in [1.165, 1.54) is 22.2 Å². The molecule has 0 bridgehead atoms. The molecule has 0 fully saturated rings. The molecule has 3 aromatic heterocycles. The third kappa shape index (κ3) is 2.02. The van der Waals surface area contributed by atoms with Gasteiger partial charge in [-0.25, -0.2) is 5.84 Å². The van der Waals surface area contributed by atoms with Gasteiger partial charge in [0, 0.05) is 16.5 Å². The summed E-state index contributed by atoms with van der Waals surface area (Å²) in [6.07, 6.45) is 3.10. The molecule has 3 N–H and O–H groups in total. The Morgan fingerprint density at radius 3 is 3.05 bits per heavy atom. The minimum absolute atomic E-state index is 0.0935. The number of fused-ring (bicyclic) bond motifs is 1. The van der Waals surface area contributed by atoms with Crippen molar-refractivity contribution in [2.45, 2.75) is 6.54 Å². The van der Waals surface area contributed by atoms with Crippen LogP contribution in [-0.4, -0.2) is 10.5 Å². The summed E-state index contributed by atoms with van der Waals surface area (Å²) in [5.74, 6) is 4.69. The summed E-state index contributed by atoms with van der Waals surface area (Å²) in [6, 6.07) is 5.32. The zero-order chi connectivity index (χ0) is 14.1. The fourth-order valence-electron chi connectivity index (χ4n) is 2.04. The van der Waals surface area contributed by atoms with Crippen LogP contribution in [0.15, 0.2) is 45.3 Å². The van der Waals surface area contributed by atoms with Crippen LogP contribution in [0.25, 0.3) is 10.1 Å². The van der Waals surface area contributed by atoms with Crippen LogP contribution >= 0.6 is 11.3 Å². The third-order valence-corrected chi connectivity index (χ3v) is 3.90. The number of hydrogen-bond donors (Lipinski definition) is 2. The fraction of sp³-hybridized carbons (Fsp3) is 0.0769. The summed E-state index contributed by atoms with van der Waals surface area (Å²) in [7, 11) is 0. The molecule has 0 aliphatic carbocycles. The number of amides is 1. The number of nitrogens with two attached hydrogens (primary N) is 1. The Morgan fingerprint density at radius 1 is 1.40 bits per heavy atom. The lowest BCUT2D eigenvalue weighted by molar-refractivity contribution is 0.0924. The first-order valence-electron chi connectivity index (χ1n) is 5.84. The number of thiophene rings is 1. The van der Waals surface area contributed by atoms with Gasteiger partial charge in [-0.3, -0.25) is 15.0 Å². The van der Waals surface area contributed by atoms with Gasteiger partial charge in [0.15, 0.2) is 5.76 Å². The molecule has 7 heteroatoms. The molecule has 0 radical (unpaired) electrons. The summed E-state index contributed by atoms with van der Waals surface area (Å²) in [6.45, 7) is 0.254. The van der Waals surface area contributed by atoms with Gasteiger partial charge in [-0.05, 0) is 23.6 Å². The maximum Gasteiger partial charge on any atom is 0.301 e. The van der Waals surface area contributed by atoms with Gasteiger partial charge >= 0.3 is 5.91 Å². The van der Waals surface area contributed by atoms with Crippen molar-refractivity contribution in [3.8, 4) is 0 Å². The average molecular weight is 289 g/mol. The third-order valence-electron chi connectivity index (χ3n) is 3.02. The van der Waals surface area contributed by atoms with E-state index in [9.17, 15) is 9.59 Å². The van der Waals surface area contributed by atoms with Crippen molar-refractivity contribution in [1.82, 2.24) is 9.99 Å². The number of hydrazine groups is 1. The molecule has 102 valence electrons. The molecule has 0 unspecified atom stereocenters. The van der Waals surface area contributed by atoms with Crippen molar-refractivity contribution in [3.63, 3.8) is 0 Å². The van der Waals surface area contributed by atoms with Gasteiger partial charge in [0.05, 0.1) is 18.2 Å². The number of pyridine rings is 1. The second kappa shape index (κ2) is 4.95. The maximum absolute atomic E-state index is 12.3. The number of aromatic nitrogens is 1. The van der Waals surface area contributed by atoms with E-state index in [2.05, 4.69) is 0 Å². The second-order valence-corrected chi connectivity index (χ2v) is 5.14. The van der Waals surface area contributed by atoms with E-state index < -0.39 is 5.91 Å². The Balaban J connectivity index is 2.02. The smallest absolute Gasteiger partial charge is 0.301 e. The summed E-state index contributed by atoms with van der Waals surface area (Å²) in [4.78, 5) is 23.8. The highest BCUT2D eigenvalue weighted by Crippen LogP contribution is 2.17. The predicted molar refractivity (Wildman–Crippen MR) is 75.5 cm³/mol. The van der Waals surface area contributed by atoms with E-state index in [0.29, 0.717) is 10.9 Å². The largest absolute Gasteiger partial charge is 0.459 e. The van der Waals surface area contributed by atoms with E-state index in [1.54, 1.807) is 18.3 Å². The van der Waals surface area contributed by atoms with Gasteiger partial charge in [-0.2, -0.15) is 0 Å². The lowest BCUT2D eigenvalue weighted by Gasteiger charge is -2.05. The Morgan fingerprint density at radius 2 is 2.25 bits per heavy atom. The Hall–Kier alpha value is -2.38. The second-order valence-electron chi connectivity index (χ2n) is 4.20. The van der Waals surface area contributed by atoms with E-state index in [1.807, 2.05) is 16.9 Å². The van der Waals surface area contributed by atoms with Crippen molar-refractivity contribution >= 4 is 27.3 Å². The first-order valence-corrected chi connectivity index (χ1v) is 6.72. The van der Waals surface area contributed by atoms with Gasteiger partial charge in [0.25, 0.3) is 5.56 Å². The lowest BCUT2D eigenvalue weighted by Crippen LogP contribution is -2.31. The average Bonchev–Trinajstić information content (AvgIpc) is 3.10. The Kier molecular flexibility index (Phi) is 3.13. The monoisotopic (exact) mass is 289 g/mol. The molecular weight excluding hydrogens is 278 g/mol. The van der Waals surface area contributed by atoms with Crippen LogP contribution in [0.5, 0.6) is 0 Å². The first kappa shape index (κ1) is 12.6. The normalized spacial score (nSPS) is 10.8. The molecule has 0 aliphatic heterocycles. The predicted octanol–water partition coefficient (Wildman–Crippen LogP) is 1.31. The quantitative estimate of drug-likeness (QED) is 0.432. The van der Waals surface area contributed by atoms with Gasteiger partial charge < -0.3 is 8.98 Å². The van der Waals surface area contributed by atoms with Crippen LogP contribution in [0.4, 0.5) is 0 Å². The number of carbonyl (C=O) groups is 1. The van der Waals surface area contributed by atoms with Gasteiger partial charge in [-0.15, -0.1) is 11.3 Å². The van der Waals surface area contributed by atoms with Gasteiger partial charge in [0.2, 0.25) is 0 Å². The molecule has 0 spiro atoms. The number of hydrogen-bond acceptors (Lipinski definition) is 5. The van der Waals surface area contributed by atoms with Crippen molar-refractivity contribution < 1.29 is 9.21 Å². The maximum atomic E-state index is 12.3. The molecule has 20 heavy (non-hydrogen) atoms. The number of nitrogen functional groups attached to an aromatic ring is 1. The van der Waals surface area contributed by atoms with Crippen molar-refractivity contribution in [2.75, 3.05) is 0 Å². The van der Waals surface area contributed by atoms with E-state index in [0.717, 1.165) is 4.70 Å². The number of rotatable bonds is 3. The molecule has 0 aromatic carbocycles. The van der Waals surface area contributed by atoms with Crippen molar-refractivity contribution in [1.29, 1.82) is 0 Å². The van der Waals surface area contributed by atoms with E-state index in [-0.39, 0.29) is 17.9 Å². The van der Waals surface area contributed by atoms with Crippen LogP contribution in [0.2, 0.25) is 0 Å². The molecule has 3 heterocycles. The molecular formula is C13H11N3O3S. The highest BCUT2D eigenvalue weighted by atomic mass is 32.1. The summed E-state index contributed by atoms with van der Waals surface area (Å²) >= 11 is 1.52. The minimum atomic E-state index is -0.519. The summed E-state index contributed by atoms with van der Waals surface area (Å²) in [5.41, 5.74) is 2.52. The standard InChI is InChI=1S/C13H11N3O3S/c14-15-12(17)11-8(2-5-19-11)7-16-4-1-10-9(13(16)18)3-6-20-10/h1-6H,7,14H2,(H,15,17). The molecule has 3 aromatic rings. The van der Waals surface area contributed by atoms with Crippen molar-refractivity contribution in [2.24, 2.45) is 5.84 Å².